The van der Waals surface area contributed by atoms with Crippen LogP contribution in [0.5, 0.6) is 0 Å². The van der Waals surface area contributed by atoms with Crippen LogP contribution in [0.4, 0.5) is 11.4 Å². The van der Waals surface area contributed by atoms with Gasteiger partial charge in [0.05, 0.1) is 17.5 Å². The van der Waals surface area contributed by atoms with Crippen molar-refractivity contribution in [3.8, 4) is 0 Å². The standard InChI is InChI=1S/C25H22N2O3/c1-13-2-6-15(7-3-13)26-23(28)14-4-8-16(9-5-14)27-24(29)21-17-10-11-18(20-12-19(17)20)22(21)25(27)30/h2-11,17-22H,12H2,1H3,(H,26,28)/t17-,18+,19-,20-,21+,22+/m1/s1. The molecule has 2 aromatic rings. The van der Waals surface area contributed by atoms with Gasteiger partial charge in [-0.15, -0.1) is 0 Å². The third-order valence-corrected chi connectivity index (χ3v) is 7.36. The number of benzene rings is 2. The third-order valence-electron chi connectivity index (χ3n) is 7.36. The molecule has 1 saturated heterocycles. The first-order valence-corrected chi connectivity index (χ1v) is 10.6. The van der Waals surface area contributed by atoms with E-state index in [0.29, 0.717) is 23.1 Å². The molecule has 1 aliphatic heterocycles. The fourth-order valence-corrected chi connectivity index (χ4v) is 5.81. The highest BCUT2D eigenvalue weighted by Gasteiger charge is 2.67. The van der Waals surface area contributed by atoms with Gasteiger partial charge in [0, 0.05) is 11.3 Å². The van der Waals surface area contributed by atoms with Crippen LogP contribution in [0.3, 0.4) is 0 Å². The van der Waals surface area contributed by atoms with Crippen molar-refractivity contribution in [3.05, 3.63) is 71.8 Å². The maximum Gasteiger partial charge on any atom is 0.255 e. The van der Waals surface area contributed by atoms with Gasteiger partial charge in [-0.3, -0.25) is 19.3 Å². The number of carbonyl (C=O) groups excluding carboxylic acids is 3. The molecule has 2 bridgehead atoms. The minimum absolute atomic E-state index is 0.0773. The molecule has 5 nitrogen and oxygen atoms in total. The molecule has 0 radical (unpaired) electrons. The molecule has 1 N–H and O–H groups in total. The minimum atomic E-state index is -0.222. The number of nitrogens with zero attached hydrogens (tertiary/aromatic N) is 1. The van der Waals surface area contributed by atoms with Crippen molar-refractivity contribution in [2.75, 3.05) is 10.2 Å². The van der Waals surface area contributed by atoms with E-state index in [2.05, 4.69) is 17.5 Å². The predicted molar refractivity (Wildman–Crippen MR) is 113 cm³/mol. The van der Waals surface area contributed by atoms with Crippen LogP contribution in [-0.2, 0) is 9.59 Å². The van der Waals surface area contributed by atoms with Gasteiger partial charge in [0.2, 0.25) is 11.8 Å². The van der Waals surface area contributed by atoms with Crippen LogP contribution in [0, 0.1) is 42.4 Å². The summed E-state index contributed by atoms with van der Waals surface area (Å²) in [6.07, 6.45) is 5.50. The number of hydrogen-bond donors (Lipinski definition) is 1. The van der Waals surface area contributed by atoms with Gasteiger partial charge < -0.3 is 5.32 Å². The highest BCUT2D eigenvalue weighted by molar-refractivity contribution is 6.22. The average molecular weight is 398 g/mol. The van der Waals surface area contributed by atoms with Gasteiger partial charge in [-0.2, -0.15) is 0 Å². The molecular formula is C25H22N2O3. The number of anilines is 2. The summed E-state index contributed by atoms with van der Waals surface area (Å²) in [7, 11) is 0. The van der Waals surface area contributed by atoms with E-state index in [1.54, 1.807) is 24.3 Å². The summed E-state index contributed by atoms with van der Waals surface area (Å²) in [6, 6.07) is 14.3. The molecule has 4 aliphatic carbocycles. The van der Waals surface area contributed by atoms with Gasteiger partial charge in [0.15, 0.2) is 0 Å². The van der Waals surface area contributed by atoms with Crippen LogP contribution in [0.15, 0.2) is 60.7 Å². The van der Waals surface area contributed by atoms with Crippen LogP contribution in [0.25, 0.3) is 0 Å². The van der Waals surface area contributed by atoms with Crippen molar-refractivity contribution in [3.63, 3.8) is 0 Å². The molecule has 150 valence electrons. The molecule has 2 saturated carbocycles. The first-order chi connectivity index (χ1) is 14.5. The van der Waals surface area contributed by atoms with Crippen molar-refractivity contribution in [2.45, 2.75) is 13.3 Å². The van der Waals surface area contributed by atoms with Crippen LogP contribution < -0.4 is 10.2 Å². The van der Waals surface area contributed by atoms with E-state index in [9.17, 15) is 14.4 Å². The van der Waals surface area contributed by atoms with Gasteiger partial charge >= 0.3 is 0 Å². The lowest BCUT2D eigenvalue weighted by Gasteiger charge is -2.37. The number of rotatable bonds is 3. The van der Waals surface area contributed by atoms with Gasteiger partial charge in [-0.1, -0.05) is 29.8 Å². The molecular weight excluding hydrogens is 376 g/mol. The van der Waals surface area contributed by atoms with Gasteiger partial charge in [-0.25, -0.2) is 0 Å². The fourth-order valence-electron chi connectivity index (χ4n) is 5.81. The summed E-state index contributed by atoms with van der Waals surface area (Å²) < 4.78 is 0. The van der Waals surface area contributed by atoms with Crippen molar-refractivity contribution in [2.24, 2.45) is 35.5 Å². The number of nitrogens with one attached hydrogen (secondary N) is 1. The van der Waals surface area contributed by atoms with E-state index in [-0.39, 0.29) is 41.4 Å². The average Bonchev–Trinajstić information content (AvgIpc) is 3.53. The van der Waals surface area contributed by atoms with Crippen molar-refractivity contribution in [1.29, 1.82) is 0 Å². The SMILES string of the molecule is Cc1ccc(NC(=O)c2ccc(N3C(=O)[C@H]4[C@@H]5C=C[C@@H]([C@H]6C[C@H]56)[C@@H]4C3=O)cc2)cc1. The van der Waals surface area contributed by atoms with Crippen molar-refractivity contribution >= 4 is 29.1 Å². The zero-order chi connectivity index (χ0) is 20.6. The third kappa shape index (κ3) is 2.44. The lowest BCUT2D eigenvalue weighted by atomic mass is 9.63. The highest BCUT2D eigenvalue weighted by Crippen LogP contribution is 2.65. The Kier molecular flexibility index (Phi) is 3.61. The predicted octanol–water partition coefficient (Wildman–Crippen LogP) is 3.80. The molecule has 3 amide bonds. The normalized spacial score (nSPS) is 32.8. The Labute approximate surface area is 174 Å². The summed E-state index contributed by atoms with van der Waals surface area (Å²) in [6.45, 7) is 1.99. The largest absolute Gasteiger partial charge is 0.322 e. The number of hydrogen-bond acceptors (Lipinski definition) is 3. The maximum atomic E-state index is 13.2. The quantitative estimate of drug-likeness (QED) is 0.632. The Bertz CT molecular complexity index is 1070. The van der Waals surface area contributed by atoms with Crippen molar-refractivity contribution < 1.29 is 14.4 Å². The van der Waals surface area contributed by atoms with E-state index in [0.717, 1.165) is 17.7 Å². The Morgan fingerprint density at radius 2 is 1.43 bits per heavy atom. The molecule has 6 atom stereocenters. The zero-order valence-electron chi connectivity index (χ0n) is 16.6. The Balaban J connectivity index is 1.23. The Morgan fingerprint density at radius 1 is 0.867 bits per heavy atom. The first-order valence-electron chi connectivity index (χ1n) is 10.6. The number of carbonyl (C=O) groups is 3. The highest BCUT2D eigenvalue weighted by atomic mass is 16.2. The topological polar surface area (TPSA) is 66.5 Å². The summed E-state index contributed by atoms with van der Waals surface area (Å²) in [5.74, 6) is 0.814. The molecule has 0 spiro atoms. The molecule has 1 heterocycles. The van der Waals surface area contributed by atoms with Gasteiger partial charge in [0.25, 0.3) is 5.91 Å². The molecule has 2 aromatic carbocycles. The number of aryl methyl sites for hydroxylation is 1. The van der Waals surface area contributed by atoms with E-state index >= 15 is 0 Å². The second-order valence-corrected chi connectivity index (χ2v) is 9.03. The second-order valence-electron chi connectivity index (χ2n) is 9.03. The molecule has 5 aliphatic rings. The summed E-state index contributed by atoms with van der Waals surface area (Å²) in [5.41, 5.74) is 2.89. The van der Waals surface area contributed by atoms with E-state index in [1.807, 2.05) is 31.2 Å². The number of allylic oxidation sites excluding steroid dienone is 2. The van der Waals surface area contributed by atoms with E-state index < -0.39 is 0 Å². The molecule has 7 rings (SSSR count). The second kappa shape index (κ2) is 6.14. The van der Waals surface area contributed by atoms with Crippen LogP contribution in [0.2, 0.25) is 0 Å². The summed E-state index contributed by atoms with van der Waals surface area (Å²) in [4.78, 5) is 40.3. The first kappa shape index (κ1) is 17.6. The Morgan fingerprint density at radius 3 is 2.00 bits per heavy atom. The van der Waals surface area contributed by atoms with Crippen molar-refractivity contribution in [1.82, 2.24) is 0 Å². The monoisotopic (exact) mass is 398 g/mol. The summed E-state index contributed by atoms with van der Waals surface area (Å²) in [5, 5.41) is 2.87. The Hall–Kier alpha value is -3.21. The van der Waals surface area contributed by atoms with Gasteiger partial charge in [-0.05, 0) is 73.4 Å². The van der Waals surface area contributed by atoms with Crippen LogP contribution >= 0.6 is 0 Å². The molecule has 30 heavy (non-hydrogen) atoms. The lowest BCUT2D eigenvalue weighted by molar-refractivity contribution is -0.124. The van der Waals surface area contributed by atoms with Gasteiger partial charge in [0.1, 0.15) is 0 Å². The minimum Gasteiger partial charge on any atom is -0.322 e. The van der Waals surface area contributed by atoms with E-state index in [4.69, 9.17) is 0 Å². The lowest BCUT2D eigenvalue weighted by Crippen LogP contribution is -2.40. The van der Waals surface area contributed by atoms with E-state index in [1.165, 1.54) is 4.90 Å². The summed E-state index contributed by atoms with van der Waals surface area (Å²) >= 11 is 0. The molecule has 3 fully saturated rings. The number of amides is 3. The molecule has 0 aromatic heterocycles. The van der Waals surface area contributed by atoms with Crippen LogP contribution in [-0.4, -0.2) is 17.7 Å². The molecule has 0 unspecified atom stereocenters. The maximum absolute atomic E-state index is 13.2. The van der Waals surface area contributed by atoms with Crippen LogP contribution in [0.1, 0.15) is 22.3 Å². The molecule has 5 heteroatoms. The zero-order valence-corrected chi connectivity index (χ0v) is 16.6. The number of imide groups is 1. The fraction of sp³-hybridized carbons (Fsp3) is 0.320. The smallest absolute Gasteiger partial charge is 0.255 e.